The van der Waals surface area contributed by atoms with Crippen LogP contribution in [-0.2, 0) is 0 Å². The van der Waals surface area contributed by atoms with Crippen LogP contribution < -0.4 is 5.32 Å². The van der Waals surface area contributed by atoms with Crippen molar-refractivity contribution in [3.63, 3.8) is 0 Å². The zero-order valence-corrected chi connectivity index (χ0v) is 13.4. The van der Waals surface area contributed by atoms with Crippen molar-refractivity contribution in [1.82, 2.24) is 30.6 Å². The first-order valence-electron chi connectivity index (χ1n) is 8.42. The number of aryl methyl sites for hydroxylation is 1. The molecule has 4 heterocycles. The highest BCUT2D eigenvalue weighted by Gasteiger charge is 2.35. The second-order valence-corrected chi connectivity index (χ2v) is 6.39. The number of hydrogen-bond donors (Lipinski definition) is 1. The standard InChI is InChI=1S/C16H22N6O/c1-11-4-5-13(20-19-11)15-18-16(23-21-15)14-3-2-10-22(14)12-6-8-17-9-7-12/h4-5,12,14,17H,2-3,6-10H2,1H3/t14-/m0/s1. The summed E-state index contributed by atoms with van der Waals surface area (Å²) in [5, 5.41) is 15.7. The summed E-state index contributed by atoms with van der Waals surface area (Å²) in [6.07, 6.45) is 4.67. The maximum absolute atomic E-state index is 5.57. The summed E-state index contributed by atoms with van der Waals surface area (Å²) in [6.45, 7) is 5.23. The minimum atomic E-state index is 0.248. The Bertz CT molecular complexity index is 649. The van der Waals surface area contributed by atoms with Gasteiger partial charge in [0.1, 0.15) is 5.69 Å². The zero-order valence-electron chi connectivity index (χ0n) is 13.4. The van der Waals surface area contributed by atoms with Crippen LogP contribution >= 0.6 is 0 Å². The molecule has 4 rings (SSSR count). The van der Waals surface area contributed by atoms with Crippen molar-refractivity contribution in [2.75, 3.05) is 19.6 Å². The van der Waals surface area contributed by atoms with Crippen molar-refractivity contribution in [1.29, 1.82) is 0 Å². The molecule has 2 aliphatic rings. The Labute approximate surface area is 135 Å². The predicted molar refractivity (Wildman–Crippen MR) is 84.6 cm³/mol. The molecule has 0 aromatic carbocycles. The van der Waals surface area contributed by atoms with Gasteiger partial charge in [0.05, 0.1) is 11.7 Å². The van der Waals surface area contributed by atoms with Crippen molar-refractivity contribution in [2.24, 2.45) is 0 Å². The Balaban J connectivity index is 1.54. The Morgan fingerprint density at radius 2 is 2.04 bits per heavy atom. The minimum Gasteiger partial charge on any atom is -0.337 e. The van der Waals surface area contributed by atoms with E-state index in [1.165, 1.54) is 19.3 Å². The van der Waals surface area contributed by atoms with E-state index >= 15 is 0 Å². The number of nitrogens with zero attached hydrogens (tertiary/aromatic N) is 5. The summed E-state index contributed by atoms with van der Waals surface area (Å²) in [7, 11) is 0. The van der Waals surface area contributed by atoms with Crippen LogP contribution in [0.3, 0.4) is 0 Å². The van der Waals surface area contributed by atoms with Crippen LogP contribution in [0, 0.1) is 6.92 Å². The van der Waals surface area contributed by atoms with Gasteiger partial charge >= 0.3 is 0 Å². The lowest BCUT2D eigenvalue weighted by Crippen LogP contribution is -2.42. The second-order valence-electron chi connectivity index (χ2n) is 6.39. The second kappa shape index (κ2) is 6.33. The molecule has 0 spiro atoms. The molecule has 0 amide bonds. The van der Waals surface area contributed by atoms with Gasteiger partial charge in [0.2, 0.25) is 11.7 Å². The van der Waals surface area contributed by atoms with Gasteiger partial charge in [-0.05, 0) is 64.4 Å². The molecule has 2 saturated heterocycles. The summed E-state index contributed by atoms with van der Waals surface area (Å²) < 4.78 is 5.57. The Morgan fingerprint density at radius 3 is 2.83 bits per heavy atom. The fraction of sp³-hybridized carbons (Fsp3) is 0.625. The number of aromatic nitrogens is 4. The summed E-state index contributed by atoms with van der Waals surface area (Å²) in [4.78, 5) is 7.15. The smallest absolute Gasteiger partial charge is 0.244 e. The molecule has 1 atom stereocenters. The topological polar surface area (TPSA) is 80.0 Å². The molecule has 1 N–H and O–H groups in total. The van der Waals surface area contributed by atoms with Crippen molar-refractivity contribution in [2.45, 2.75) is 44.7 Å². The lowest BCUT2D eigenvalue weighted by atomic mass is 10.0. The first kappa shape index (κ1) is 14.7. The number of hydrogen-bond acceptors (Lipinski definition) is 7. The van der Waals surface area contributed by atoms with E-state index in [0.29, 0.717) is 17.6 Å². The zero-order chi connectivity index (χ0) is 15.6. The maximum atomic E-state index is 5.57. The van der Waals surface area contributed by atoms with E-state index < -0.39 is 0 Å². The highest BCUT2D eigenvalue weighted by molar-refractivity contribution is 5.46. The number of piperidine rings is 1. The van der Waals surface area contributed by atoms with Crippen LogP contribution in [0.1, 0.15) is 43.3 Å². The van der Waals surface area contributed by atoms with Gasteiger partial charge in [-0.3, -0.25) is 4.90 Å². The Kier molecular flexibility index (Phi) is 4.05. The maximum Gasteiger partial charge on any atom is 0.244 e. The highest BCUT2D eigenvalue weighted by Crippen LogP contribution is 2.35. The third-order valence-corrected chi connectivity index (χ3v) is 4.83. The van der Waals surface area contributed by atoms with Gasteiger partial charge in [-0.2, -0.15) is 10.1 Å². The fourth-order valence-corrected chi connectivity index (χ4v) is 3.62. The molecule has 7 heteroatoms. The Hall–Kier alpha value is -1.86. The van der Waals surface area contributed by atoms with Crippen LogP contribution in [0.25, 0.3) is 11.5 Å². The van der Waals surface area contributed by atoms with E-state index in [0.717, 1.165) is 37.6 Å². The van der Waals surface area contributed by atoms with E-state index in [4.69, 9.17) is 4.52 Å². The lowest BCUT2D eigenvalue weighted by molar-refractivity contribution is 0.126. The van der Waals surface area contributed by atoms with Crippen LogP contribution in [0.5, 0.6) is 0 Å². The molecule has 2 aromatic rings. The molecule has 0 aliphatic carbocycles. The molecule has 0 radical (unpaired) electrons. The first-order valence-corrected chi connectivity index (χ1v) is 8.42. The predicted octanol–water partition coefficient (Wildman–Crippen LogP) is 1.72. The molecular weight excluding hydrogens is 292 g/mol. The van der Waals surface area contributed by atoms with Gasteiger partial charge in [-0.25, -0.2) is 0 Å². The van der Waals surface area contributed by atoms with Crippen LogP contribution in [-0.4, -0.2) is 50.9 Å². The van der Waals surface area contributed by atoms with Gasteiger partial charge in [0.15, 0.2) is 0 Å². The summed E-state index contributed by atoms with van der Waals surface area (Å²) in [5.74, 6) is 1.25. The molecule has 2 aromatic heterocycles. The molecule has 23 heavy (non-hydrogen) atoms. The van der Waals surface area contributed by atoms with E-state index in [-0.39, 0.29) is 6.04 Å². The molecule has 122 valence electrons. The summed E-state index contributed by atoms with van der Waals surface area (Å²) in [5.41, 5.74) is 1.54. The molecule has 0 bridgehead atoms. The van der Waals surface area contributed by atoms with Crippen molar-refractivity contribution in [3.05, 3.63) is 23.7 Å². The first-order chi connectivity index (χ1) is 11.3. The summed E-state index contributed by atoms with van der Waals surface area (Å²) >= 11 is 0. The van der Waals surface area contributed by atoms with Gasteiger partial charge in [0.25, 0.3) is 0 Å². The number of likely N-dealkylation sites (tertiary alicyclic amines) is 1. The number of rotatable bonds is 3. The molecule has 0 unspecified atom stereocenters. The largest absolute Gasteiger partial charge is 0.337 e. The molecule has 0 saturated carbocycles. The van der Waals surface area contributed by atoms with Gasteiger partial charge in [0, 0.05) is 6.04 Å². The molecule has 7 nitrogen and oxygen atoms in total. The van der Waals surface area contributed by atoms with Crippen molar-refractivity contribution >= 4 is 0 Å². The molecule has 2 aliphatic heterocycles. The third-order valence-electron chi connectivity index (χ3n) is 4.83. The lowest BCUT2D eigenvalue weighted by Gasteiger charge is -2.34. The fourth-order valence-electron chi connectivity index (χ4n) is 3.62. The van der Waals surface area contributed by atoms with Crippen LogP contribution in [0.2, 0.25) is 0 Å². The summed E-state index contributed by atoms with van der Waals surface area (Å²) in [6, 6.07) is 4.67. The highest BCUT2D eigenvalue weighted by atomic mass is 16.5. The SMILES string of the molecule is Cc1ccc(-c2noc([C@@H]3CCCN3C3CCNCC3)n2)nn1. The van der Waals surface area contributed by atoms with Crippen LogP contribution in [0.4, 0.5) is 0 Å². The van der Waals surface area contributed by atoms with E-state index in [1.807, 2.05) is 19.1 Å². The average Bonchev–Trinajstić information content (AvgIpc) is 3.25. The quantitative estimate of drug-likeness (QED) is 0.924. The Morgan fingerprint density at radius 1 is 1.17 bits per heavy atom. The third kappa shape index (κ3) is 2.98. The number of nitrogens with one attached hydrogen (secondary N) is 1. The van der Waals surface area contributed by atoms with E-state index in [2.05, 4.69) is 30.6 Å². The molecule has 2 fully saturated rings. The van der Waals surface area contributed by atoms with Crippen molar-refractivity contribution in [3.8, 4) is 11.5 Å². The van der Waals surface area contributed by atoms with E-state index in [9.17, 15) is 0 Å². The normalized spacial score (nSPS) is 23.4. The van der Waals surface area contributed by atoms with Gasteiger partial charge < -0.3 is 9.84 Å². The van der Waals surface area contributed by atoms with Gasteiger partial charge in [-0.1, -0.05) is 5.16 Å². The van der Waals surface area contributed by atoms with E-state index in [1.54, 1.807) is 0 Å². The van der Waals surface area contributed by atoms with Crippen molar-refractivity contribution < 1.29 is 4.52 Å². The van der Waals surface area contributed by atoms with Crippen LogP contribution in [0.15, 0.2) is 16.7 Å². The monoisotopic (exact) mass is 314 g/mol. The average molecular weight is 314 g/mol. The molecular formula is C16H22N6O. The van der Waals surface area contributed by atoms with Gasteiger partial charge in [-0.15, -0.1) is 5.10 Å². The minimum absolute atomic E-state index is 0.248.